The second kappa shape index (κ2) is 7.83. The van der Waals surface area contributed by atoms with E-state index in [-0.39, 0.29) is 5.91 Å². The van der Waals surface area contributed by atoms with Crippen LogP contribution in [0.5, 0.6) is 0 Å². The van der Waals surface area contributed by atoms with Gasteiger partial charge in [-0.3, -0.25) is 9.78 Å². The van der Waals surface area contributed by atoms with Crippen molar-refractivity contribution in [2.45, 2.75) is 26.7 Å². The second-order valence-electron chi connectivity index (χ2n) is 6.38. The standard InChI is InChI=1S/C19H23ClN4O/c1-14-13-21-15(2)19(22-14)24-11-9-23(10-12-24)18(25)8-7-16-5-3-4-6-17(16)20/h3-6,13H,7-12H2,1-2H3. The first kappa shape index (κ1) is 17.7. The summed E-state index contributed by atoms with van der Waals surface area (Å²) in [5, 5.41) is 0.730. The molecule has 5 nitrogen and oxygen atoms in total. The maximum Gasteiger partial charge on any atom is 0.223 e. The maximum atomic E-state index is 12.5. The van der Waals surface area contributed by atoms with E-state index in [1.807, 2.05) is 43.0 Å². The van der Waals surface area contributed by atoms with E-state index in [4.69, 9.17) is 11.6 Å². The van der Waals surface area contributed by atoms with E-state index < -0.39 is 0 Å². The van der Waals surface area contributed by atoms with E-state index in [1.54, 1.807) is 6.20 Å². The van der Waals surface area contributed by atoms with Gasteiger partial charge in [0.2, 0.25) is 5.91 Å². The molecule has 1 aliphatic rings. The van der Waals surface area contributed by atoms with Gasteiger partial charge in [0.05, 0.1) is 11.4 Å². The molecule has 1 amide bonds. The van der Waals surface area contributed by atoms with Gasteiger partial charge in [0.1, 0.15) is 5.82 Å². The van der Waals surface area contributed by atoms with Crippen LogP contribution in [0.15, 0.2) is 30.5 Å². The van der Waals surface area contributed by atoms with Crippen LogP contribution in [0.1, 0.15) is 23.4 Å². The summed E-state index contributed by atoms with van der Waals surface area (Å²) in [6, 6.07) is 7.71. The van der Waals surface area contributed by atoms with Crippen molar-refractivity contribution in [1.82, 2.24) is 14.9 Å². The Hall–Kier alpha value is -2.14. The van der Waals surface area contributed by atoms with Crippen LogP contribution in [0, 0.1) is 13.8 Å². The van der Waals surface area contributed by atoms with Crippen molar-refractivity contribution in [2.24, 2.45) is 0 Å². The summed E-state index contributed by atoms with van der Waals surface area (Å²) in [7, 11) is 0. The molecule has 0 N–H and O–H groups in total. The molecule has 0 saturated carbocycles. The predicted octanol–water partition coefficient (Wildman–Crippen LogP) is 3.03. The number of aromatic nitrogens is 2. The van der Waals surface area contributed by atoms with Crippen molar-refractivity contribution in [2.75, 3.05) is 31.1 Å². The lowest BCUT2D eigenvalue weighted by atomic mass is 10.1. The highest BCUT2D eigenvalue weighted by molar-refractivity contribution is 6.31. The van der Waals surface area contributed by atoms with Gasteiger partial charge in [-0.15, -0.1) is 0 Å². The number of halogens is 1. The minimum Gasteiger partial charge on any atom is -0.352 e. The third kappa shape index (κ3) is 4.28. The summed E-state index contributed by atoms with van der Waals surface area (Å²) in [6.07, 6.45) is 2.96. The van der Waals surface area contributed by atoms with E-state index in [0.717, 1.165) is 54.0 Å². The summed E-state index contributed by atoms with van der Waals surface area (Å²) in [5.41, 5.74) is 2.88. The first-order valence-electron chi connectivity index (χ1n) is 8.61. The fraction of sp³-hybridized carbons (Fsp3) is 0.421. The van der Waals surface area contributed by atoms with Gasteiger partial charge in [-0.1, -0.05) is 29.8 Å². The molecule has 3 rings (SSSR count). The Morgan fingerprint density at radius 3 is 2.60 bits per heavy atom. The summed E-state index contributed by atoms with van der Waals surface area (Å²) >= 11 is 6.16. The number of hydrogen-bond acceptors (Lipinski definition) is 4. The fourth-order valence-corrected chi connectivity index (χ4v) is 3.32. The van der Waals surface area contributed by atoms with Gasteiger partial charge in [0.25, 0.3) is 0 Å². The quantitative estimate of drug-likeness (QED) is 0.843. The van der Waals surface area contributed by atoms with Crippen LogP contribution in [-0.2, 0) is 11.2 Å². The van der Waals surface area contributed by atoms with Gasteiger partial charge in [-0.2, -0.15) is 0 Å². The molecular formula is C19H23ClN4O. The number of aryl methyl sites for hydroxylation is 3. The highest BCUT2D eigenvalue weighted by Gasteiger charge is 2.23. The fourth-order valence-electron chi connectivity index (χ4n) is 3.09. The predicted molar refractivity (Wildman–Crippen MR) is 100 cm³/mol. The molecule has 0 radical (unpaired) electrons. The molecule has 6 heteroatoms. The lowest BCUT2D eigenvalue weighted by molar-refractivity contribution is -0.131. The Bertz CT molecular complexity index is 757. The van der Waals surface area contributed by atoms with Gasteiger partial charge < -0.3 is 9.80 Å². The summed E-state index contributed by atoms with van der Waals surface area (Å²) in [4.78, 5) is 25.6. The maximum absolute atomic E-state index is 12.5. The number of benzene rings is 1. The lowest BCUT2D eigenvalue weighted by Gasteiger charge is -2.36. The Morgan fingerprint density at radius 2 is 1.88 bits per heavy atom. The van der Waals surface area contributed by atoms with Gasteiger partial charge >= 0.3 is 0 Å². The average Bonchev–Trinajstić information content (AvgIpc) is 2.63. The normalized spacial score (nSPS) is 14.7. The summed E-state index contributed by atoms with van der Waals surface area (Å²) in [5.74, 6) is 1.12. The average molecular weight is 359 g/mol. The first-order chi connectivity index (χ1) is 12.0. The minimum atomic E-state index is 0.187. The van der Waals surface area contributed by atoms with Crippen molar-refractivity contribution in [3.8, 4) is 0 Å². The molecule has 0 aliphatic carbocycles. The first-order valence-corrected chi connectivity index (χ1v) is 8.99. The second-order valence-corrected chi connectivity index (χ2v) is 6.79. The molecular weight excluding hydrogens is 336 g/mol. The number of anilines is 1. The molecule has 1 fully saturated rings. The number of carbonyl (C=O) groups is 1. The summed E-state index contributed by atoms with van der Waals surface area (Å²) in [6.45, 7) is 6.94. The van der Waals surface area contributed by atoms with Crippen LogP contribution in [0.3, 0.4) is 0 Å². The molecule has 1 aliphatic heterocycles. The van der Waals surface area contributed by atoms with E-state index in [2.05, 4.69) is 14.9 Å². The molecule has 132 valence electrons. The molecule has 0 unspecified atom stereocenters. The topological polar surface area (TPSA) is 49.3 Å². The monoisotopic (exact) mass is 358 g/mol. The van der Waals surface area contributed by atoms with Crippen LogP contribution < -0.4 is 4.90 Å². The number of amides is 1. The number of rotatable bonds is 4. The van der Waals surface area contributed by atoms with Crippen LogP contribution in [0.2, 0.25) is 5.02 Å². The number of nitrogens with zero attached hydrogens (tertiary/aromatic N) is 4. The van der Waals surface area contributed by atoms with Crippen molar-refractivity contribution >= 4 is 23.3 Å². The Kier molecular flexibility index (Phi) is 5.53. The minimum absolute atomic E-state index is 0.187. The van der Waals surface area contributed by atoms with Crippen LogP contribution in [0.4, 0.5) is 5.82 Å². The van der Waals surface area contributed by atoms with Gasteiger partial charge in [-0.25, -0.2) is 4.98 Å². The van der Waals surface area contributed by atoms with Crippen molar-refractivity contribution in [3.63, 3.8) is 0 Å². The van der Waals surface area contributed by atoms with E-state index in [1.165, 1.54) is 0 Å². The molecule has 25 heavy (non-hydrogen) atoms. The van der Waals surface area contributed by atoms with E-state index in [9.17, 15) is 4.79 Å². The van der Waals surface area contributed by atoms with E-state index >= 15 is 0 Å². The Balaban J connectivity index is 1.54. The lowest BCUT2D eigenvalue weighted by Crippen LogP contribution is -2.49. The highest BCUT2D eigenvalue weighted by Crippen LogP contribution is 2.19. The van der Waals surface area contributed by atoms with Crippen molar-refractivity contribution in [3.05, 3.63) is 52.4 Å². The molecule has 2 heterocycles. The summed E-state index contributed by atoms with van der Waals surface area (Å²) < 4.78 is 0. The number of hydrogen-bond donors (Lipinski definition) is 0. The molecule has 1 aromatic heterocycles. The smallest absolute Gasteiger partial charge is 0.223 e. The van der Waals surface area contributed by atoms with Crippen LogP contribution >= 0.6 is 11.6 Å². The zero-order chi connectivity index (χ0) is 17.8. The van der Waals surface area contributed by atoms with Crippen molar-refractivity contribution < 1.29 is 4.79 Å². The molecule has 0 bridgehead atoms. The number of piperazine rings is 1. The third-order valence-corrected chi connectivity index (χ3v) is 4.92. The molecule has 2 aromatic rings. The Labute approximate surface area is 153 Å². The third-order valence-electron chi connectivity index (χ3n) is 4.55. The molecule has 0 spiro atoms. The van der Waals surface area contributed by atoms with Crippen LogP contribution in [0.25, 0.3) is 0 Å². The number of carbonyl (C=O) groups excluding carboxylic acids is 1. The van der Waals surface area contributed by atoms with Crippen molar-refractivity contribution in [1.29, 1.82) is 0 Å². The zero-order valence-electron chi connectivity index (χ0n) is 14.7. The Morgan fingerprint density at radius 1 is 1.16 bits per heavy atom. The largest absolute Gasteiger partial charge is 0.352 e. The van der Waals surface area contributed by atoms with Gasteiger partial charge in [-0.05, 0) is 31.9 Å². The molecule has 1 saturated heterocycles. The van der Waals surface area contributed by atoms with E-state index in [0.29, 0.717) is 12.8 Å². The zero-order valence-corrected chi connectivity index (χ0v) is 15.5. The molecule has 0 atom stereocenters. The van der Waals surface area contributed by atoms with Crippen LogP contribution in [-0.4, -0.2) is 47.0 Å². The SMILES string of the molecule is Cc1cnc(C)c(N2CCN(C(=O)CCc3ccccc3Cl)CC2)n1. The van der Waals surface area contributed by atoms with Gasteiger partial charge in [0, 0.05) is 43.8 Å². The van der Waals surface area contributed by atoms with Gasteiger partial charge in [0.15, 0.2) is 0 Å². The highest BCUT2D eigenvalue weighted by atomic mass is 35.5. The molecule has 1 aromatic carbocycles.